The highest BCUT2D eigenvalue weighted by atomic mass is 127. The van der Waals surface area contributed by atoms with Crippen LogP contribution in [0.25, 0.3) is 0 Å². The van der Waals surface area contributed by atoms with Crippen LogP contribution in [0.2, 0.25) is 0 Å². The molecule has 0 heterocycles. The van der Waals surface area contributed by atoms with E-state index in [2.05, 4.69) is 215 Å². The molecule has 0 unspecified atom stereocenters. The Bertz CT molecular complexity index is 4180. The van der Waals surface area contributed by atoms with Crippen molar-refractivity contribution < 1.29 is 63.9 Å². The predicted octanol–water partition coefficient (Wildman–Crippen LogP) is 22.3. The quantitative estimate of drug-likeness (QED) is 0.0309. The van der Waals surface area contributed by atoms with E-state index in [-0.39, 0.29) is 63.3 Å². The smallest absolute Gasteiger partial charge is 0.339 e. The fourth-order valence-electron chi connectivity index (χ4n) is 8.30. The summed E-state index contributed by atoms with van der Waals surface area (Å²) in [5.74, 6) is 0.754. The van der Waals surface area contributed by atoms with Gasteiger partial charge in [-0.25, -0.2) is 14.0 Å². The van der Waals surface area contributed by atoms with Crippen molar-refractivity contribution in [1.82, 2.24) is 0 Å². The summed E-state index contributed by atoms with van der Waals surface area (Å²) in [6.07, 6.45) is 0. The van der Waals surface area contributed by atoms with Crippen LogP contribution in [-0.4, -0.2) is 47.7 Å². The van der Waals surface area contributed by atoms with Crippen LogP contribution in [-0.2, 0) is 21.8 Å². The molecule has 12 aromatic carbocycles. The molecule has 21 heteroatoms. The van der Waals surface area contributed by atoms with E-state index in [1.165, 1.54) is 66.8 Å². The molecule has 0 aromatic heterocycles. The number of rotatable bonds is 14. The topological polar surface area (TPSA) is 203 Å². The molecule has 7 N–H and O–H groups in total. The minimum Gasteiger partial charge on any atom is -0.507 e. The summed E-state index contributed by atoms with van der Waals surface area (Å²) in [5.41, 5.74) is -0.487. The maximum atomic E-state index is 12.3. The van der Waals surface area contributed by atoms with Crippen molar-refractivity contribution in [2.45, 2.75) is 36.8 Å². The van der Waals surface area contributed by atoms with Gasteiger partial charge in [0.2, 0.25) is 0 Å². The summed E-state index contributed by atoms with van der Waals surface area (Å²) >= 11 is 12.5. The van der Waals surface area contributed by atoms with Gasteiger partial charge in [0.25, 0.3) is 0 Å². The van der Waals surface area contributed by atoms with Crippen molar-refractivity contribution >= 4 is 169 Å². The molecule has 12 aromatic rings. The van der Waals surface area contributed by atoms with Crippen LogP contribution >= 0.6 is 136 Å². The van der Waals surface area contributed by atoms with E-state index in [1.807, 2.05) is 139 Å². The molecular formula is C75H57FI6O12S2+2. The SMILES string of the molecule is C.Ic1ccc(Oc2ccc([S+](c3ccccc3)c3ccccc3)cc2)cc1.Ic1ccc(Oc2ccc([S+](c3ccccc3)c3ccccc3)cc2)cc1.O=C(O)c1ccc(F)cc1O.O=C(O)c1ccc(Oc2cc(I)c(O)cc2I)cc1O.Oc1cc(I)c(O)cc1I. The Labute approximate surface area is 642 Å². The highest BCUT2D eigenvalue weighted by molar-refractivity contribution is 14.1. The number of carboxylic acids is 2. The zero-order chi connectivity index (χ0) is 68.0. The number of aromatic carboxylic acids is 2. The van der Waals surface area contributed by atoms with Gasteiger partial charge in [-0.15, -0.1) is 0 Å². The van der Waals surface area contributed by atoms with Gasteiger partial charge in [0.1, 0.15) is 80.2 Å². The molecule has 0 aliphatic carbocycles. The van der Waals surface area contributed by atoms with Crippen LogP contribution in [0.15, 0.2) is 308 Å². The fraction of sp³-hybridized carbons (Fsp3) is 0.0133. The lowest BCUT2D eigenvalue weighted by molar-refractivity contribution is 0.0682. The first-order valence-electron chi connectivity index (χ1n) is 28.0. The third-order valence-corrected chi connectivity index (χ3v) is 22.1. The van der Waals surface area contributed by atoms with E-state index in [9.17, 15) is 24.2 Å². The van der Waals surface area contributed by atoms with Crippen molar-refractivity contribution in [3.8, 4) is 63.2 Å². The van der Waals surface area contributed by atoms with Crippen LogP contribution in [0, 0.1) is 27.2 Å². The van der Waals surface area contributed by atoms with Crippen molar-refractivity contribution in [3.05, 3.63) is 317 Å². The average molecular weight is 1990 g/mol. The van der Waals surface area contributed by atoms with Crippen molar-refractivity contribution in [2.24, 2.45) is 0 Å². The predicted molar refractivity (Wildman–Crippen MR) is 427 cm³/mol. The number of carboxylic acid groups (broad SMARTS) is 2. The lowest BCUT2D eigenvalue weighted by Crippen LogP contribution is -2.04. The molecule has 488 valence electrons. The molecule has 0 atom stereocenters. The Hall–Kier alpha value is -7.01. The molecule has 0 spiro atoms. The molecule has 0 radical (unpaired) electrons. The Morgan fingerprint density at radius 3 is 0.906 bits per heavy atom. The second-order valence-electron chi connectivity index (χ2n) is 19.5. The third kappa shape index (κ3) is 23.1. The van der Waals surface area contributed by atoms with Gasteiger partial charge in [-0.2, -0.15) is 0 Å². The van der Waals surface area contributed by atoms with Crippen molar-refractivity contribution in [3.63, 3.8) is 0 Å². The van der Waals surface area contributed by atoms with E-state index in [0.717, 1.165) is 41.2 Å². The molecule has 0 fully saturated rings. The summed E-state index contributed by atoms with van der Waals surface area (Å²) in [5, 5.41) is 63.4. The second-order valence-corrected chi connectivity index (χ2v) is 30.7. The molecule has 0 amide bonds. The number of aromatic hydroxyl groups is 5. The number of carbonyl (C=O) groups is 2. The first-order valence-corrected chi connectivity index (χ1v) is 36.9. The van der Waals surface area contributed by atoms with Crippen LogP contribution in [0.1, 0.15) is 28.1 Å². The first-order chi connectivity index (χ1) is 45.7. The molecule has 12 nitrogen and oxygen atoms in total. The number of hydrogen-bond acceptors (Lipinski definition) is 10. The van der Waals surface area contributed by atoms with Gasteiger partial charge >= 0.3 is 11.9 Å². The zero-order valence-corrected chi connectivity index (χ0v) is 63.8. The first kappa shape index (κ1) is 76.4. The van der Waals surface area contributed by atoms with E-state index in [1.54, 1.807) is 12.1 Å². The Morgan fingerprint density at radius 1 is 0.302 bits per heavy atom. The average Bonchev–Trinajstić information content (AvgIpc) is 0.874. The van der Waals surface area contributed by atoms with Crippen LogP contribution < -0.4 is 14.2 Å². The Balaban J connectivity index is 0.000000177. The van der Waals surface area contributed by atoms with Gasteiger partial charge in [0, 0.05) is 19.3 Å². The van der Waals surface area contributed by atoms with Crippen molar-refractivity contribution in [2.75, 3.05) is 0 Å². The second kappa shape index (κ2) is 38.2. The number of benzene rings is 12. The summed E-state index contributed by atoms with van der Waals surface area (Å²) in [7, 11) is -0.258. The summed E-state index contributed by atoms with van der Waals surface area (Å²) in [4.78, 5) is 28.9. The number of phenols is 5. The van der Waals surface area contributed by atoms with Gasteiger partial charge in [-0.05, 0) is 330 Å². The number of halogens is 7. The van der Waals surface area contributed by atoms with Crippen LogP contribution in [0.3, 0.4) is 0 Å². The Morgan fingerprint density at radius 2 is 0.583 bits per heavy atom. The van der Waals surface area contributed by atoms with E-state index >= 15 is 0 Å². The minimum atomic E-state index is -1.28. The standard InChI is InChI=1S/2C24H18IOS.C13H8I2O5.C7H5FO3.C6H4I2O2.CH4/c2*25-19-11-13-20(14-12-19)26-21-15-17-24(18-16-21)27(22-7-3-1-4-8-22)23-9-5-2-6-10-23;14-8-5-12(9(15)4-11(8)17)20-6-1-2-7(13(18)19)10(16)3-6;8-4-1-2-5(7(10)11)6(9)3-4;7-3-1-5(9)4(8)2-6(3)10;/h2*1-18H;1-5,16-17H,(H,18,19);1-3,9H,(H,10,11);1-2,9-10H;1H4/q2*+1;;;;. The van der Waals surface area contributed by atoms with E-state index in [4.69, 9.17) is 39.7 Å². The maximum Gasteiger partial charge on any atom is 0.339 e. The summed E-state index contributed by atoms with van der Waals surface area (Å²) in [6.45, 7) is 0. The van der Waals surface area contributed by atoms with E-state index in [0.29, 0.717) is 25.8 Å². The van der Waals surface area contributed by atoms with Gasteiger partial charge in [0.05, 0.1) is 36.1 Å². The molecule has 0 aliphatic rings. The third-order valence-electron chi connectivity index (χ3n) is 12.8. The number of ether oxygens (including phenoxy) is 3. The zero-order valence-electron chi connectivity index (χ0n) is 49.2. The van der Waals surface area contributed by atoms with E-state index < -0.39 is 23.5 Å². The van der Waals surface area contributed by atoms with Gasteiger partial charge in [-0.1, -0.05) is 80.2 Å². The summed E-state index contributed by atoms with van der Waals surface area (Å²) < 4.78 is 34.8. The Kier molecular flexibility index (Phi) is 30.4. The number of hydrogen-bond donors (Lipinski definition) is 7. The fourth-order valence-corrected chi connectivity index (χ4v) is 15.1. The molecular weight excluding hydrogens is 1940 g/mol. The highest BCUT2D eigenvalue weighted by Gasteiger charge is 2.30. The lowest BCUT2D eigenvalue weighted by Gasteiger charge is -2.10. The summed E-state index contributed by atoms with van der Waals surface area (Å²) in [6, 6.07) is 88.7. The molecule has 96 heavy (non-hydrogen) atoms. The molecule has 0 saturated heterocycles. The largest absolute Gasteiger partial charge is 0.507 e. The molecule has 0 aliphatic heterocycles. The van der Waals surface area contributed by atoms with Gasteiger partial charge in [-0.3, -0.25) is 0 Å². The normalized spacial score (nSPS) is 10.3. The molecule has 0 saturated carbocycles. The number of phenolic OH excluding ortho intramolecular Hbond substituents is 3. The van der Waals surface area contributed by atoms with Gasteiger partial charge in [0.15, 0.2) is 29.4 Å². The van der Waals surface area contributed by atoms with Crippen LogP contribution in [0.4, 0.5) is 4.39 Å². The molecule has 0 bridgehead atoms. The lowest BCUT2D eigenvalue weighted by atomic mass is 10.2. The maximum absolute atomic E-state index is 12.3. The highest BCUT2D eigenvalue weighted by Crippen LogP contribution is 2.38. The minimum absolute atomic E-state index is 0. The van der Waals surface area contributed by atoms with Gasteiger partial charge < -0.3 is 50.0 Å². The van der Waals surface area contributed by atoms with Crippen molar-refractivity contribution in [1.29, 1.82) is 0 Å². The van der Waals surface area contributed by atoms with Crippen LogP contribution in [0.5, 0.6) is 63.2 Å². The monoisotopic (exact) mass is 1990 g/mol. The molecule has 12 rings (SSSR count).